The van der Waals surface area contributed by atoms with Crippen molar-refractivity contribution >= 4 is 0 Å². The summed E-state index contributed by atoms with van der Waals surface area (Å²) >= 11 is 0. The molecule has 0 aliphatic carbocycles. The Morgan fingerprint density at radius 3 is 2.26 bits per heavy atom. The number of hydrogen-bond donors (Lipinski definition) is 0. The van der Waals surface area contributed by atoms with Crippen LogP contribution in [0.15, 0.2) is 60.7 Å². The van der Waals surface area contributed by atoms with Crippen LogP contribution in [0.4, 0.5) is 0 Å². The summed E-state index contributed by atoms with van der Waals surface area (Å²) in [6.45, 7) is 5.16. The molecule has 1 heterocycles. The van der Waals surface area contributed by atoms with Crippen LogP contribution in [0.3, 0.4) is 0 Å². The van der Waals surface area contributed by atoms with Gasteiger partial charge in [0.1, 0.15) is 5.72 Å². The van der Waals surface area contributed by atoms with Crippen molar-refractivity contribution in [2.75, 3.05) is 13.1 Å². The first-order chi connectivity index (χ1) is 11.3. The van der Waals surface area contributed by atoms with Gasteiger partial charge in [0, 0.05) is 13.1 Å². The molecule has 23 heavy (non-hydrogen) atoms. The largest absolute Gasteiger partial charge is 0.356 e. The van der Waals surface area contributed by atoms with Gasteiger partial charge in [-0.25, -0.2) is 0 Å². The molecule has 0 amide bonds. The van der Waals surface area contributed by atoms with Crippen LogP contribution in [-0.4, -0.2) is 23.7 Å². The highest BCUT2D eigenvalue weighted by Gasteiger charge is 2.34. The van der Waals surface area contributed by atoms with Gasteiger partial charge in [-0.2, -0.15) is 0 Å². The average molecular weight is 309 g/mol. The fourth-order valence-corrected chi connectivity index (χ4v) is 3.38. The van der Waals surface area contributed by atoms with Gasteiger partial charge in [0.25, 0.3) is 0 Å². The van der Waals surface area contributed by atoms with Crippen LogP contribution in [0, 0.1) is 0 Å². The van der Waals surface area contributed by atoms with E-state index in [-0.39, 0.29) is 5.72 Å². The van der Waals surface area contributed by atoms with Crippen molar-refractivity contribution in [2.24, 2.45) is 0 Å². The van der Waals surface area contributed by atoms with Crippen LogP contribution in [-0.2, 0) is 17.8 Å². The molecule has 0 radical (unpaired) electrons. The van der Waals surface area contributed by atoms with Crippen LogP contribution in [0.2, 0.25) is 0 Å². The van der Waals surface area contributed by atoms with E-state index in [1.165, 1.54) is 24.0 Å². The Balaban J connectivity index is 1.60. The van der Waals surface area contributed by atoms with Crippen molar-refractivity contribution in [1.29, 1.82) is 0 Å². The second kappa shape index (κ2) is 7.76. The molecule has 0 N–H and O–H groups in total. The summed E-state index contributed by atoms with van der Waals surface area (Å²) in [5.41, 5.74) is 2.52. The van der Waals surface area contributed by atoms with Gasteiger partial charge in [0.2, 0.25) is 0 Å². The first-order valence-corrected chi connectivity index (χ1v) is 8.73. The predicted octanol–water partition coefficient (Wildman–Crippen LogP) is 4.65. The third-order valence-corrected chi connectivity index (χ3v) is 4.89. The maximum atomic E-state index is 6.38. The summed E-state index contributed by atoms with van der Waals surface area (Å²) in [7, 11) is 0. The molecule has 2 heteroatoms. The predicted molar refractivity (Wildman–Crippen MR) is 95.2 cm³/mol. The van der Waals surface area contributed by atoms with E-state index < -0.39 is 0 Å². The van der Waals surface area contributed by atoms with Crippen LogP contribution >= 0.6 is 0 Å². The van der Waals surface area contributed by atoms with Gasteiger partial charge in [0.15, 0.2) is 0 Å². The second-order valence-corrected chi connectivity index (χ2v) is 6.63. The standard InChI is InChI=1S/C21H27NO/c1-21(23-18-20-12-6-3-7-13-20)15-8-9-16-22(21)17-14-19-10-4-2-5-11-19/h2-7,10-13H,8-9,14-18H2,1H3. The maximum absolute atomic E-state index is 6.38. The van der Waals surface area contributed by atoms with E-state index in [1.807, 2.05) is 0 Å². The Bertz CT molecular complexity index is 583. The van der Waals surface area contributed by atoms with Crippen molar-refractivity contribution < 1.29 is 4.74 Å². The van der Waals surface area contributed by atoms with Gasteiger partial charge in [-0.15, -0.1) is 0 Å². The molecule has 0 saturated carbocycles. The van der Waals surface area contributed by atoms with Crippen molar-refractivity contribution in [2.45, 2.75) is 44.9 Å². The fraction of sp³-hybridized carbons (Fsp3) is 0.429. The van der Waals surface area contributed by atoms with E-state index in [0.29, 0.717) is 6.61 Å². The van der Waals surface area contributed by atoms with E-state index in [0.717, 1.165) is 25.9 Å². The first-order valence-electron chi connectivity index (χ1n) is 8.73. The molecule has 0 aromatic heterocycles. The Hall–Kier alpha value is -1.64. The molecule has 2 aromatic carbocycles. The molecule has 2 nitrogen and oxygen atoms in total. The summed E-state index contributed by atoms with van der Waals surface area (Å²) in [5, 5.41) is 0. The number of likely N-dealkylation sites (tertiary alicyclic amines) is 1. The quantitative estimate of drug-likeness (QED) is 0.770. The van der Waals surface area contributed by atoms with E-state index in [9.17, 15) is 0 Å². The Kier molecular flexibility index (Phi) is 5.47. The van der Waals surface area contributed by atoms with Gasteiger partial charge in [0.05, 0.1) is 6.61 Å². The van der Waals surface area contributed by atoms with E-state index >= 15 is 0 Å². The highest BCUT2D eigenvalue weighted by Crippen LogP contribution is 2.30. The smallest absolute Gasteiger partial charge is 0.119 e. The third-order valence-electron chi connectivity index (χ3n) is 4.89. The molecule has 1 atom stereocenters. The van der Waals surface area contributed by atoms with Crippen LogP contribution < -0.4 is 0 Å². The average Bonchev–Trinajstić information content (AvgIpc) is 2.61. The number of benzene rings is 2. The zero-order valence-electron chi connectivity index (χ0n) is 14.1. The minimum Gasteiger partial charge on any atom is -0.356 e. The Labute approximate surface area is 140 Å². The molecule has 1 fully saturated rings. The van der Waals surface area contributed by atoms with Crippen LogP contribution in [0.1, 0.15) is 37.3 Å². The second-order valence-electron chi connectivity index (χ2n) is 6.63. The normalized spacial score (nSPS) is 22.1. The zero-order valence-corrected chi connectivity index (χ0v) is 14.1. The molecule has 122 valence electrons. The molecular weight excluding hydrogens is 282 g/mol. The molecule has 2 aromatic rings. The van der Waals surface area contributed by atoms with Crippen molar-refractivity contribution in [3.8, 4) is 0 Å². The van der Waals surface area contributed by atoms with Gasteiger partial charge in [-0.1, -0.05) is 60.7 Å². The molecular formula is C21H27NO. The minimum absolute atomic E-state index is 0.136. The topological polar surface area (TPSA) is 12.5 Å². The number of rotatable bonds is 6. The third kappa shape index (κ3) is 4.43. The van der Waals surface area contributed by atoms with Crippen LogP contribution in [0.5, 0.6) is 0 Å². The Morgan fingerprint density at radius 2 is 1.57 bits per heavy atom. The summed E-state index contributed by atoms with van der Waals surface area (Å²) in [6, 6.07) is 21.2. The van der Waals surface area contributed by atoms with Crippen molar-refractivity contribution in [3.05, 3.63) is 71.8 Å². The molecule has 0 bridgehead atoms. The lowest BCUT2D eigenvalue weighted by atomic mass is 9.98. The lowest BCUT2D eigenvalue weighted by Crippen LogP contribution is -2.52. The minimum atomic E-state index is -0.136. The van der Waals surface area contributed by atoms with Crippen LogP contribution in [0.25, 0.3) is 0 Å². The molecule has 1 unspecified atom stereocenters. The van der Waals surface area contributed by atoms with E-state index in [1.54, 1.807) is 0 Å². The van der Waals surface area contributed by atoms with E-state index in [4.69, 9.17) is 4.74 Å². The number of piperidine rings is 1. The van der Waals surface area contributed by atoms with Crippen molar-refractivity contribution in [1.82, 2.24) is 4.90 Å². The number of ether oxygens (including phenoxy) is 1. The zero-order chi connectivity index (χ0) is 16.0. The first kappa shape index (κ1) is 16.2. The van der Waals surface area contributed by atoms with Crippen molar-refractivity contribution in [3.63, 3.8) is 0 Å². The molecule has 1 aliphatic heterocycles. The fourth-order valence-electron chi connectivity index (χ4n) is 3.38. The van der Waals surface area contributed by atoms with Gasteiger partial charge >= 0.3 is 0 Å². The van der Waals surface area contributed by atoms with Gasteiger partial charge in [-0.3, -0.25) is 4.90 Å². The number of hydrogen-bond acceptors (Lipinski definition) is 2. The monoisotopic (exact) mass is 309 g/mol. The molecule has 0 spiro atoms. The summed E-state index contributed by atoms with van der Waals surface area (Å²) in [5.74, 6) is 0. The SMILES string of the molecule is CC1(OCc2ccccc2)CCCCN1CCc1ccccc1. The maximum Gasteiger partial charge on any atom is 0.119 e. The highest BCUT2D eigenvalue weighted by molar-refractivity contribution is 5.15. The highest BCUT2D eigenvalue weighted by atomic mass is 16.5. The molecule has 3 rings (SSSR count). The lowest BCUT2D eigenvalue weighted by molar-refractivity contribution is -0.170. The van der Waals surface area contributed by atoms with Gasteiger partial charge < -0.3 is 4.74 Å². The summed E-state index contributed by atoms with van der Waals surface area (Å²) in [4.78, 5) is 2.53. The van der Waals surface area contributed by atoms with E-state index in [2.05, 4.69) is 72.5 Å². The number of nitrogens with zero attached hydrogens (tertiary/aromatic N) is 1. The molecule has 1 aliphatic rings. The Morgan fingerprint density at radius 1 is 0.913 bits per heavy atom. The lowest BCUT2D eigenvalue weighted by Gasteiger charge is -2.44. The summed E-state index contributed by atoms with van der Waals surface area (Å²) < 4.78 is 6.38. The summed E-state index contributed by atoms with van der Waals surface area (Å²) in [6.07, 6.45) is 4.74. The molecule has 1 saturated heterocycles. The van der Waals surface area contributed by atoms with Gasteiger partial charge in [-0.05, 0) is 43.7 Å².